The highest BCUT2D eigenvalue weighted by atomic mass is 35.5. The average molecular weight is 368 g/mol. The van der Waals surface area contributed by atoms with Gasteiger partial charge in [0.25, 0.3) is 5.91 Å². The third-order valence-electron chi connectivity index (χ3n) is 3.07. The molecule has 7 heteroatoms. The minimum Gasteiger partial charge on any atom is -0.479 e. The molecule has 0 aromatic heterocycles. The summed E-state index contributed by atoms with van der Waals surface area (Å²) in [5, 5.41) is 2.96. The number of rotatable bonds is 4. The summed E-state index contributed by atoms with van der Waals surface area (Å²) in [6, 6.07) is 10.9. The summed E-state index contributed by atoms with van der Waals surface area (Å²) in [5.74, 6) is 5.39. The van der Waals surface area contributed by atoms with Gasteiger partial charge in [-0.25, -0.2) is 0 Å². The van der Waals surface area contributed by atoms with E-state index in [0.717, 1.165) is 24.3 Å². The van der Waals surface area contributed by atoms with E-state index in [4.69, 9.17) is 16.3 Å². The van der Waals surface area contributed by atoms with Crippen LogP contribution in [0.3, 0.4) is 0 Å². The van der Waals surface area contributed by atoms with Gasteiger partial charge in [0.1, 0.15) is 12.4 Å². The number of carbonyl (C=O) groups is 1. The monoisotopic (exact) mass is 367 g/mol. The van der Waals surface area contributed by atoms with Crippen LogP contribution in [0.2, 0.25) is 5.02 Å². The molecule has 130 valence electrons. The van der Waals surface area contributed by atoms with Gasteiger partial charge in [0.2, 0.25) is 0 Å². The molecule has 3 nitrogen and oxygen atoms in total. The molecule has 2 rings (SSSR count). The summed E-state index contributed by atoms with van der Waals surface area (Å²) in [6.45, 7) is 0.144. The summed E-state index contributed by atoms with van der Waals surface area (Å²) < 4.78 is 42.7. The van der Waals surface area contributed by atoms with Crippen molar-refractivity contribution in [1.82, 2.24) is 5.32 Å². The molecule has 0 aliphatic carbocycles. The minimum atomic E-state index is -4.43. The molecular weight excluding hydrogens is 355 g/mol. The van der Waals surface area contributed by atoms with Crippen molar-refractivity contribution in [3.63, 3.8) is 0 Å². The van der Waals surface area contributed by atoms with Crippen LogP contribution in [0.4, 0.5) is 13.2 Å². The van der Waals surface area contributed by atoms with E-state index in [1.54, 1.807) is 24.3 Å². The van der Waals surface area contributed by atoms with Gasteiger partial charge in [0.05, 0.1) is 17.1 Å². The van der Waals surface area contributed by atoms with Gasteiger partial charge >= 0.3 is 6.18 Å². The molecular formula is C18H13ClF3NO2. The molecule has 0 saturated carbocycles. The molecule has 0 saturated heterocycles. The zero-order valence-electron chi connectivity index (χ0n) is 12.9. The molecule has 2 aromatic rings. The highest BCUT2D eigenvalue weighted by Crippen LogP contribution is 2.29. The Hall–Kier alpha value is -2.65. The molecule has 25 heavy (non-hydrogen) atoms. The number of benzene rings is 2. The molecule has 0 unspecified atom stereocenters. The molecule has 0 spiro atoms. The summed E-state index contributed by atoms with van der Waals surface area (Å²) in [4.78, 5) is 11.8. The van der Waals surface area contributed by atoms with Gasteiger partial charge < -0.3 is 10.1 Å². The number of halogens is 4. The normalized spacial score (nSPS) is 10.6. The molecule has 0 fully saturated rings. The van der Waals surface area contributed by atoms with Crippen molar-refractivity contribution in [2.45, 2.75) is 6.18 Å². The third-order valence-corrected chi connectivity index (χ3v) is 3.39. The zero-order chi connectivity index (χ0) is 18.3. The zero-order valence-corrected chi connectivity index (χ0v) is 13.6. The number of para-hydroxylation sites is 1. The second kappa shape index (κ2) is 8.45. The van der Waals surface area contributed by atoms with Crippen LogP contribution in [0, 0.1) is 11.8 Å². The van der Waals surface area contributed by atoms with Crippen LogP contribution in [0.15, 0.2) is 48.5 Å². The maximum Gasteiger partial charge on any atom is 0.416 e. The molecule has 1 amide bonds. The first-order valence-electron chi connectivity index (χ1n) is 7.16. The predicted molar refractivity (Wildman–Crippen MR) is 88.5 cm³/mol. The van der Waals surface area contributed by atoms with Crippen LogP contribution < -0.4 is 10.1 Å². The van der Waals surface area contributed by atoms with Crippen LogP contribution in [0.25, 0.3) is 0 Å². The first kappa shape index (κ1) is 18.7. The molecule has 0 radical (unpaired) electrons. The van der Waals surface area contributed by atoms with Crippen molar-refractivity contribution in [1.29, 1.82) is 0 Å². The second-order valence-corrected chi connectivity index (χ2v) is 5.24. The fourth-order valence-electron chi connectivity index (χ4n) is 1.83. The number of ether oxygens (including phenoxy) is 1. The van der Waals surface area contributed by atoms with Gasteiger partial charge in [0, 0.05) is 5.56 Å². The highest BCUT2D eigenvalue weighted by molar-refractivity contribution is 6.32. The molecule has 1 N–H and O–H groups in total. The Kier molecular flexibility index (Phi) is 6.31. The predicted octanol–water partition coefficient (Wildman–Crippen LogP) is 4.17. The van der Waals surface area contributed by atoms with Crippen LogP contribution >= 0.6 is 11.6 Å². The van der Waals surface area contributed by atoms with Crippen molar-refractivity contribution in [3.05, 3.63) is 64.7 Å². The van der Waals surface area contributed by atoms with Crippen molar-refractivity contribution < 1.29 is 22.7 Å². The van der Waals surface area contributed by atoms with Crippen LogP contribution in [-0.4, -0.2) is 19.1 Å². The lowest BCUT2D eigenvalue weighted by atomic mass is 10.1. The quantitative estimate of drug-likeness (QED) is 0.824. The van der Waals surface area contributed by atoms with Gasteiger partial charge in [-0.1, -0.05) is 35.6 Å². The molecule has 0 aliphatic heterocycles. The first-order chi connectivity index (χ1) is 11.9. The van der Waals surface area contributed by atoms with E-state index >= 15 is 0 Å². The minimum absolute atomic E-state index is 0.0474. The summed E-state index contributed by atoms with van der Waals surface area (Å²) in [5.41, 5.74) is -0.678. The lowest BCUT2D eigenvalue weighted by Gasteiger charge is -2.07. The molecule has 0 atom stereocenters. The van der Waals surface area contributed by atoms with Crippen LogP contribution in [0.5, 0.6) is 5.75 Å². The van der Waals surface area contributed by atoms with E-state index in [-0.39, 0.29) is 18.7 Å². The van der Waals surface area contributed by atoms with Crippen LogP contribution in [-0.2, 0) is 6.18 Å². The highest BCUT2D eigenvalue weighted by Gasteiger charge is 2.30. The summed E-state index contributed by atoms with van der Waals surface area (Å²) in [7, 11) is 0. The Morgan fingerprint density at radius 3 is 2.40 bits per heavy atom. The maximum absolute atomic E-state index is 12.5. The Labute approximate surface area is 147 Å². The van der Waals surface area contributed by atoms with Crippen LogP contribution in [0.1, 0.15) is 15.9 Å². The standard InChI is InChI=1S/C18H13ClF3NO2/c19-15-5-1-2-6-16(15)25-12-4-3-11-23-17(24)13-7-9-14(10-8-13)18(20,21)22/h1-2,5-10H,11-12H2,(H,23,24). The van der Waals surface area contributed by atoms with Crippen molar-refractivity contribution in [2.75, 3.05) is 13.2 Å². The largest absolute Gasteiger partial charge is 0.479 e. The number of carbonyl (C=O) groups excluding carboxylic acids is 1. The molecule has 2 aromatic carbocycles. The van der Waals surface area contributed by atoms with Crippen molar-refractivity contribution >= 4 is 17.5 Å². The average Bonchev–Trinajstić information content (AvgIpc) is 2.58. The Balaban J connectivity index is 1.78. The topological polar surface area (TPSA) is 38.3 Å². The molecule has 0 aliphatic rings. The van der Waals surface area contributed by atoms with Gasteiger partial charge in [-0.05, 0) is 36.4 Å². The number of hydrogen-bond donors (Lipinski definition) is 1. The van der Waals surface area contributed by atoms with E-state index in [1.165, 1.54) is 0 Å². The van der Waals surface area contributed by atoms with Gasteiger partial charge in [0.15, 0.2) is 0 Å². The summed E-state index contributed by atoms with van der Waals surface area (Å²) >= 11 is 5.91. The molecule has 0 bridgehead atoms. The number of hydrogen-bond acceptors (Lipinski definition) is 2. The second-order valence-electron chi connectivity index (χ2n) is 4.83. The summed E-state index contributed by atoms with van der Waals surface area (Å²) in [6.07, 6.45) is -4.43. The SMILES string of the molecule is O=C(NCC#CCOc1ccccc1Cl)c1ccc(C(F)(F)F)cc1. The van der Waals surface area contributed by atoms with E-state index in [1.807, 2.05) is 0 Å². The molecule has 0 heterocycles. The third kappa shape index (κ3) is 5.73. The first-order valence-corrected chi connectivity index (χ1v) is 7.54. The Bertz CT molecular complexity index is 792. The Morgan fingerprint density at radius 2 is 1.76 bits per heavy atom. The van der Waals surface area contributed by atoms with E-state index in [0.29, 0.717) is 10.8 Å². The van der Waals surface area contributed by atoms with Gasteiger partial charge in [-0.15, -0.1) is 0 Å². The van der Waals surface area contributed by atoms with E-state index in [2.05, 4.69) is 17.2 Å². The number of nitrogens with one attached hydrogen (secondary N) is 1. The van der Waals surface area contributed by atoms with Crippen molar-refractivity contribution in [2.24, 2.45) is 0 Å². The number of alkyl halides is 3. The lowest BCUT2D eigenvalue weighted by molar-refractivity contribution is -0.137. The fraction of sp³-hybridized carbons (Fsp3) is 0.167. The fourth-order valence-corrected chi connectivity index (χ4v) is 2.02. The van der Waals surface area contributed by atoms with Gasteiger partial charge in [-0.2, -0.15) is 13.2 Å². The Morgan fingerprint density at radius 1 is 1.08 bits per heavy atom. The van der Waals surface area contributed by atoms with Crippen molar-refractivity contribution in [3.8, 4) is 17.6 Å². The lowest BCUT2D eigenvalue weighted by Crippen LogP contribution is -2.23. The smallest absolute Gasteiger partial charge is 0.416 e. The van der Waals surface area contributed by atoms with E-state index in [9.17, 15) is 18.0 Å². The van der Waals surface area contributed by atoms with Gasteiger partial charge in [-0.3, -0.25) is 4.79 Å². The van der Waals surface area contributed by atoms with E-state index < -0.39 is 17.6 Å². The number of amides is 1. The maximum atomic E-state index is 12.5.